The minimum Gasteiger partial charge on any atom is -0.358 e. The molecule has 1 N–H and O–H groups in total. The van der Waals surface area contributed by atoms with Gasteiger partial charge >= 0.3 is 0 Å². The van der Waals surface area contributed by atoms with E-state index < -0.39 is 0 Å². The van der Waals surface area contributed by atoms with Crippen LogP contribution in [0.4, 0.5) is 0 Å². The molecule has 0 aliphatic carbocycles. The molecule has 0 aliphatic heterocycles. The molecule has 0 unspecified atom stereocenters. The summed E-state index contributed by atoms with van der Waals surface area (Å²) in [4.78, 5) is 14.8. The fourth-order valence-electron chi connectivity index (χ4n) is 1.67. The summed E-state index contributed by atoms with van der Waals surface area (Å²) < 4.78 is 1.62. The number of nitrogens with zero attached hydrogens (tertiary/aromatic N) is 1. The molecule has 3 heteroatoms. The normalized spacial score (nSPS) is 11.0. The highest BCUT2D eigenvalue weighted by Crippen LogP contribution is 2.14. The minimum absolute atomic E-state index is 0.0601. The van der Waals surface area contributed by atoms with Gasteiger partial charge in [0, 0.05) is 18.9 Å². The topological polar surface area (TPSA) is 37.8 Å². The molecule has 0 saturated heterocycles. The molecule has 0 radical (unpaired) electrons. The lowest BCUT2D eigenvalue weighted by Crippen LogP contribution is -2.15. The molecular formula is C10H12N2O. The Morgan fingerprint density at radius 3 is 2.77 bits per heavy atom. The van der Waals surface area contributed by atoms with Gasteiger partial charge in [-0.15, -0.1) is 0 Å². The molecule has 13 heavy (non-hydrogen) atoms. The Kier molecular flexibility index (Phi) is 1.55. The standard InChI is InChI=1S/C10H12N2O/c1-6-5-12(3)10(13)8-4-7(2)11-9(6)8/h4-5,11H,1-3H3. The fourth-order valence-corrected chi connectivity index (χ4v) is 1.67. The first kappa shape index (κ1) is 8.10. The van der Waals surface area contributed by atoms with Crippen molar-refractivity contribution in [2.45, 2.75) is 13.8 Å². The Bertz CT molecular complexity index is 519. The lowest BCUT2D eigenvalue weighted by atomic mass is 10.2. The Balaban J connectivity index is 3.04. The van der Waals surface area contributed by atoms with Crippen LogP contribution in [0.5, 0.6) is 0 Å². The first-order valence-corrected chi connectivity index (χ1v) is 4.25. The minimum atomic E-state index is 0.0601. The summed E-state index contributed by atoms with van der Waals surface area (Å²) in [6.45, 7) is 3.95. The second kappa shape index (κ2) is 2.49. The van der Waals surface area contributed by atoms with Gasteiger partial charge in [0.2, 0.25) is 0 Å². The molecule has 0 amide bonds. The first-order valence-electron chi connectivity index (χ1n) is 4.25. The van der Waals surface area contributed by atoms with Crippen LogP contribution in [0.15, 0.2) is 17.1 Å². The van der Waals surface area contributed by atoms with Gasteiger partial charge in [-0.2, -0.15) is 0 Å². The number of pyridine rings is 1. The predicted octanol–water partition coefficient (Wildman–Crippen LogP) is 1.48. The quantitative estimate of drug-likeness (QED) is 0.648. The third kappa shape index (κ3) is 1.08. The number of H-pyrrole nitrogens is 1. The number of aryl methyl sites for hydroxylation is 3. The summed E-state index contributed by atoms with van der Waals surface area (Å²) in [6, 6.07) is 1.89. The van der Waals surface area contributed by atoms with E-state index in [4.69, 9.17) is 0 Å². The van der Waals surface area contributed by atoms with Crippen molar-refractivity contribution in [3.63, 3.8) is 0 Å². The third-order valence-electron chi connectivity index (χ3n) is 2.28. The van der Waals surface area contributed by atoms with Crippen molar-refractivity contribution >= 4 is 10.9 Å². The lowest BCUT2D eigenvalue weighted by Gasteiger charge is -2.00. The van der Waals surface area contributed by atoms with Gasteiger partial charge in [-0.25, -0.2) is 0 Å². The molecule has 3 nitrogen and oxygen atoms in total. The van der Waals surface area contributed by atoms with E-state index in [1.54, 1.807) is 11.6 Å². The van der Waals surface area contributed by atoms with E-state index in [9.17, 15) is 4.79 Å². The average Bonchev–Trinajstić information content (AvgIpc) is 2.44. The van der Waals surface area contributed by atoms with E-state index in [0.29, 0.717) is 0 Å². The highest BCUT2D eigenvalue weighted by Gasteiger charge is 2.05. The molecule has 2 aromatic rings. The molecule has 2 heterocycles. The maximum absolute atomic E-state index is 11.6. The number of hydrogen-bond donors (Lipinski definition) is 1. The van der Waals surface area contributed by atoms with E-state index in [0.717, 1.165) is 22.2 Å². The van der Waals surface area contributed by atoms with Gasteiger partial charge in [0.05, 0.1) is 10.9 Å². The molecular weight excluding hydrogens is 164 g/mol. The summed E-state index contributed by atoms with van der Waals surface area (Å²) in [6.07, 6.45) is 1.85. The number of rotatable bonds is 0. The zero-order chi connectivity index (χ0) is 9.59. The molecule has 0 spiro atoms. The van der Waals surface area contributed by atoms with Crippen LogP contribution >= 0.6 is 0 Å². The van der Waals surface area contributed by atoms with Crippen LogP contribution in [0.2, 0.25) is 0 Å². The fraction of sp³-hybridized carbons (Fsp3) is 0.300. The van der Waals surface area contributed by atoms with Crippen LogP contribution < -0.4 is 5.56 Å². The first-order chi connectivity index (χ1) is 6.09. The van der Waals surface area contributed by atoms with Crippen molar-refractivity contribution in [2.24, 2.45) is 7.05 Å². The predicted molar refractivity (Wildman–Crippen MR) is 53.0 cm³/mol. The van der Waals surface area contributed by atoms with E-state index in [1.807, 2.05) is 26.1 Å². The van der Waals surface area contributed by atoms with Crippen LogP contribution in [-0.2, 0) is 7.05 Å². The maximum Gasteiger partial charge on any atom is 0.259 e. The summed E-state index contributed by atoms with van der Waals surface area (Å²) >= 11 is 0. The monoisotopic (exact) mass is 176 g/mol. The van der Waals surface area contributed by atoms with E-state index >= 15 is 0 Å². The van der Waals surface area contributed by atoms with Crippen LogP contribution in [0, 0.1) is 13.8 Å². The second-order valence-corrected chi connectivity index (χ2v) is 3.47. The van der Waals surface area contributed by atoms with E-state index in [-0.39, 0.29) is 5.56 Å². The molecule has 0 bridgehead atoms. The molecule has 0 fully saturated rings. The SMILES string of the molecule is Cc1cc2c(=O)n(C)cc(C)c2[nH]1. The van der Waals surface area contributed by atoms with Crippen molar-refractivity contribution in [3.8, 4) is 0 Å². The summed E-state index contributed by atoms with van der Waals surface area (Å²) in [7, 11) is 1.77. The molecule has 0 saturated carbocycles. The summed E-state index contributed by atoms with van der Waals surface area (Å²) in [5.74, 6) is 0. The van der Waals surface area contributed by atoms with Gasteiger partial charge in [0.25, 0.3) is 5.56 Å². The molecule has 68 valence electrons. The molecule has 0 atom stereocenters. The third-order valence-corrected chi connectivity index (χ3v) is 2.28. The number of aromatic nitrogens is 2. The van der Waals surface area contributed by atoms with E-state index in [1.165, 1.54) is 0 Å². The van der Waals surface area contributed by atoms with E-state index in [2.05, 4.69) is 4.98 Å². The van der Waals surface area contributed by atoms with Crippen molar-refractivity contribution in [1.29, 1.82) is 0 Å². The van der Waals surface area contributed by atoms with Gasteiger partial charge in [-0.3, -0.25) is 4.79 Å². The molecule has 0 aromatic carbocycles. The largest absolute Gasteiger partial charge is 0.358 e. The Hall–Kier alpha value is -1.51. The average molecular weight is 176 g/mol. The summed E-state index contributed by atoms with van der Waals surface area (Å²) in [5, 5.41) is 0.778. The Morgan fingerprint density at radius 1 is 1.38 bits per heavy atom. The molecule has 0 aliphatic rings. The number of fused-ring (bicyclic) bond motifs is 1. The van der Waals surface area contributed by atoms with Crippen LogP contribution in [-0.4, -0.2) is 9.55 Å². The number of hydrogen-bond acceptors (Lipinski definition) is 1. The molecule has 2 aromatic heterocycles. The van der Waals surface area contributed by atoms with Crippen molar-refractivity contribution in [1.82, 2.24) is 9.55 Å². The van der Waals surface area contributed by atoms with Gasteiger partial charge < -0.3 is 9.55 Å². The zero-order valence-electron chi connectivity index (χ0n) is 8.01. The zero-order valence-corrected chi connectivity index (χ0v) is 8.01. The highest BCUT2D eigenvalue weighted by molar-refractivity contribution is 5.82. The maximum atomic E-state index is 11.6. The molecule has 2 rings (SSSR count). The van der Waals surface area contributed by atoms with Crippen molar-refractivity contribution < 1.29 is 0 Å². The summed E-state index contributed by atoms with van der Waals surface area (Å²) in [5.41, 5.74) is 3.15. The van der Waals surface area contributed by atoms with Crippen LogP contribution in [0.1, 0.15) is 11.3 Å². The number of aromatic amines is 1. The van der Waals surface area contributed by atoms with Gasteiger partial charge in [0.1, 0.15) is 0 Å². The van der Waals surface area contributed by atoms with Crippen LogP contribution in [0.3, 0.4) is 0 Å². The van der Waals surface area contributed by atoms with Gasteiger partial charge in [-0.1, -0.05) is 0 Å². The highest BCUT2D eigenvalue weighted by atomic mass is 16.1. The van der Waals surface area contributed by atoms with Crippen LogP contribution in [0.25, 0.3) is 10.9 Å². The number of nitrogens with one attached hydrogen (secondary N) is 1. The lowest BCUT2D eigenvalue weighted by molar-refractivity contribution is 0.866. The Labute approximate surface area is 76.0 Å². The van der Waals surface area contributed by atoms with Gasteiger partial charge in [0.15, 0.2) is 0 Å². The smallest absolute Gasteiger partial charge is 0.259 e. The van der Waals surface area contributed by atoms with Crippen molar-refractivity contribution in [2.75, 3.05) is 0 Å². The Morgan fingerprint density at radius 2 is 2.08 bits per heavy atom. The second-order valence-electron chi connectivity index (χ2n) is 3.47. The van der Waals surface area contributed by atoms with Gasteiger partial charge in [-0.05, 0) is 25.5 Å². The van der Waals surface area contributed by atoms with Crippen molar-refractivity contribution in [3.05, 3.63) is 33.9 Å².